The summed E-state index contributed by atoms with van der Waals surface area (Å²) in [7, 11) is 0. The van der Waals surface area contributed by atoms with Crippen LogP contribution in [0.2, 0.25) is 0 Å². The van der Waals surface area contributed by atoms with Gasteiger partial charge in [-0.15, -0.1) is 0 Å². The van der Waals surface area contributed by atoms with Crippen molar-refractivity contribution in [3.8, 4) is 78.4 Å². The quantitative estimate of drug-likeness (QED) is 0.125. The number of nitrogens with zero attached hydrogens (tertiary/aromatic N) is 5. The fraction of sp³-hybridized carbons (Fsp3) is 0.0377. The van der Waals surface area contributed by atoms with Gasteiger partial charge < -0.3 is 0 Å². The third-order valence-electron chi connectivity index (χ3n) is 24.1. The van der Waals surface area contributed by atoms with Crippen LogP contribution in [-0.2, 0) is 5.41 Å². The van der Waals surface area contributed by atoms with Crippen LogP contribution in [0.15, 0.2) is 382 Å². The van der Waals surface area contributed by atoms with E-state index >= 15 is 0 Å². The topological polar surface area (TPSA) is 23.0 Å². The van der Waals surface area contributed by atoms with Gasteiger partial charge in [0.1, 0.15) is 0 Å². The number of aromatic nitrogens is 4. The van der Waals surface area contributed by atoms with Gasteiger partial charge in [-0.1, -0.05) is 30.3 Å². The molecule has 2 aliphatic heterocycles. The summed E-state index contributed by atoms with van der Waals surface area (Å²) in [5.74, 6) is 0. The molecule has 23 rings (SSSR count). The molecule has 0 saturated carbocycles. The summed E-state index contributed by atoms with van der Waals surface area (Å²) in [6.07, 6.45) is 0. The molecule has 0 bridgehead atoms. The Kier molecular flexibility index (Phi) is 14.7. The van der Waals surface area contributed by atoms with E-state index in [-0.39, 0.29) is 27.1 Å². The van der Waals surface area contributed by atoms with Gasteiger partial charge in [0.05, 0.1) is 0 Å². The van der Waals surface area contributed by atoms with Crippen molar-refractivity contribution in [2.75, 3.05) is 4.90 Å². The summed E-state index contributed by atoms with van der Waals surface area (Å²) in [6, 6.07) is 145. The summed E-state index contributed by atoms with van der Waals surface area (Å²) in [5, 5.41) is 9.85. The van der Waals surface area contributed by atoms with Crippen molar-refractivity contribution >= 4 is 151 Å². The maximum absolute atomic E-state index is 2.77. The van der Waals surface area contributed by atoms with Crippen molar-refractivity contribution in [2.24, 2.45) is 0 Å². The molecule has 0 unspecified atom stereocenters. The first-order valence-electron chi connectivity index (χ1n) is 39.2. The van der Waals surface area contributed by atoms with Gasteiger partial charge in [0.15, 0.2) is 0 Å². The second kappa shape index (κ2) is 25.4. The molecule has 0 fully saturated rings. The fourth-order valence-corrected chi connectivity index (χ4v) is 21.9. The summed E-state index contributed by atoms with van der Waals surface area (Å²) in [6.45, 7) is 6.89. The van der Waals surface area contributed by atoms with E-state index in [1.807, 2.05) is 0 Å². The van der Waals surface area contributed by atoms with E-state index in [2.05, 4.69) is 426 Å². The van der Waals surface area contributed by atoms with Crippen LogP contribution >= 0.6 is 0 Å². The van der Waals surface area contributed by atoms with Crippen molar-refractivity contribution < 1.29 is 0 Å². The van der Waals surface area contributed by atoms with Crippen LogP contribution in [0.5, 0.6) is 0 Å². The first-order chi connectivity index (χ1) is 55.7. The number of para-hydroxylation sites is 6. The molecule has 4 aromatic heterocycles. The molecule has 530 valence electrons. The van der Waals surface area contributed by atoms with Gasteiger partial charge in [0, 0.05) is 0 Å². The van der Waals surface area contributed by atoms with Gasteiger partial charge >= 0.3 is 636 Å². The molecule has 0 N–H and O–H groups in total. The molecule has 0 radical (unpaired) electrons. The first kappa shape index (κ1) is 65.2. The minimum absolute atomic E-state index is 0.210. The van der Waals surface area contributed by atoms with E-state index < -0.39 is 0 Å². The summed E-state index contributed by atoms with van der Waals surface area (Å²) in [5.41, 5.74) is 33.8. The van der Waals surface area contributed by atoms with Gasteiger partial charge in [-0.05, 0) is 0 Å². The maximum atomic E-state index is 2.77. The zero-order valence-corrected chi connectivity index (χ0v) is 64.3. The van der Waals surface area contributed by atoms with Crippen molar-refractivity contribution in [3.05, 3.63) is 388 Å². The average Bonchev–Trinajstić information content (AvgIpc) is 1.65. The molecule has 0 saturated heterocycles. The number of fused-ring (bicyclic) bond motifs is 17. The summed E-state index contributed by atoms with van der Waals surface area (Å²) >= 11 is -0.304. The van der Waals surface area contributed by atoms with Crippen LogP contribution in [0.1, 0.15) is 26.3 Å². The average molecular weight is 1510 g/mol. The van der Waals surface area contributed by atoms with Crippen LogP contribution in [0.3, 0.4) is 0 Å². The van der Waals surface area contributed by atoms with E-state index in [1.165, 1.54) is 118 Å². The molecule has 21 aromatic rings. The number of hydrogen-bond acceptors (Lipinski definition) is 1. The Bertz CT molecular complexity index is 7190. The number of anilines is 3. The second-order valence-electron chi connectivity index (χ2n) is 31.4. The monoisotopic (exact) mass is 1510 g/mol. The van der Waals surface area contributed by atoms with E-state index in [0.717, 1.165) is 95.2 Å². The predicted molar refractivity (Wildman–Crippen MR) is 480 cm³/mol. The Morgan fingerprint density at radius 3 is 1.23 bits per heavy atom. The van der Waals surface area contributed by atoms with Crippen molar-refractivity contribution in [2.45, 2.75) is 26.2 Å². The zero-order valence-electron chi connectivity index (χ0n) is 62.6. The van der Waals surface area contributed by atoms with Gasteiger partial charge in [0.2, 0.25) is 0 Å². The second-order valence-corrected chi connectivity index (χ2v) is 33.6. The molecule has 2 aliphatic rings. The van der Waals surface area contributed by atoms with Crippen molar-refractivity contribution in [1.82, 2.24) is 18.3 Å². The molecule has 6 heterocycles. The summed E-state index contributed by atoms with van der Waals surface area (Å²) in [4.78, 5) is 2.77. The van der Waals surface area contributed by atoms with Gasteiger partial charge in [0.25, 0.3) is 0 Å². The SMILES string of the molecule is CC(C)(C)c1cc(-c2ccccc2)c(N2c3cc(-n4c5ccccc5c5ccc(-c6ccccc6)cc54)ccc3B3c4ccc5c(c4[Se]c4cc(-c6c(-n7c8ccccc8c8ccccc87)cccc6-n6c7ccccc7c7ccccc76)cc2c43)c2cc(-c3ccccc3)ccc2n5-c2ccccc2)c(-c2ccccc2)c1. The zero-order chi connectivity index (χ0) is 74.7. The van der Waals surface area contributed by atoms with Gasteiger partial charge in [-0.3, -0.25) is 0 Å². The van der Waals surface area contributed by atoms with Crippen LogP contribution < -0.4 is 30.2 Å². The van der Waals surface area contributed by atoms with E-state index in [4.69, 9.17) is 0 Å². The van der Waals surface area contributed by atoms with E-state index in [1.54, 1.807) is 0 Å². The molecule has 0 aliphatic carbocycles. The van der Waals surface area contributed by atoms with E-state index in [9.17, 15) is 0 Å². The normalized spacial score (nSPS) is 12.7. The van der Waals surface area contributed by atoms with Crippen LogP contribution in [0, 0.1) is 0 Å². The number of rotatable bonds is 10. The Morgan fingerprint density at radius 2 is 0.699 bits per heavy atom. The minimum atomic E-state index is -0.304. The third kappa shape index (κ3) is 10.0. The molecule has 5 nitrogen and oxygen atoms in total. The molecule has 7 heteroatoms. The molecule has 17 aromatic carbocycles. The van der Waals surface area contributed by atoms with Crippen molar-refractivity contribution in [1.29, 1.82) is 0 Å². The predicted octanol–water partition coefficient (Wildman–Crippen LogP) is 24.0. The Labute approximate surface area is 662 Å². The number of hydrogen-bond donors (Lipinski definition) is 0. The third-order valence-corrected chi connectivity index (χ3v) is 26.7. The Morgan fingerprint density at radius 1 is 0.265 bits per heavy atom. The number of benzene rings is 17. The Balaban J connectivity index is 0.909. The van der Waals surface area contributed by atoms with Crippen LogP contribution in [-0.4, -0.2) is 39.9 Å². The molecule has 0 spiro atoms. The van der Waals surface area contributed by atoms with Crippen LogP contribution in [0.25, 0.3) is 166 Å². The molecule has 0 amide bonds. The fourth-order valence-electron chi connectivity index (χ4n) is 19.1. The van der Waals surface area contributed by atoms with E-state index in [0.29, 0.717) is 0 Å². The van der Waals surface area contributed by atoms with Crippen molar-refractivity contribution in [3.63, 3.8) is 0 Å². The first-order valence-corrected chi connectivity index (χ1v) is 41.0. The molecular formula is C106H72BN5Se. The Hall–Kier alpha value is -13.7. The molecule has 113 heavy (non-hydrogen) atoms. The standard InChI is InChI=1S/C106H72BN5Se/c1-106(2,3)74-64-83(69-34-13-6-14-35-69)104(84(65-74)70-36-15-7-16-37-70)112-98-66-76(109-88-45-24-19-44-81(88)82-55-52-72(61-97(82)109)68-32-11-5-12-33-68)54-56-86(98)107-87-57-59-96-102(85-60-71(67-30-9-4-10-31-67)53-58-93(85)108(96)75-38-17-8-18-39-75)105(87)113-100-63-73(62-99(112)103(100)107)101-94(110-89-46-25-20-40-77(89)78-41-21-26-47-90(78)110)50-29-51-95(101)111-91-48-27-22-42-79(91)80-43-23-28-49-92(80)111/h4-66H,1-3H3. The molecule has 0 atom stereocenters. The van der Waals surface area contributed by atoms with Crippen LogP contribution in [0.4, 0.5) is 17.1 Å². The van der Waals surface area contributed by atoms with Gasteiger partial charge in [-0.25, -0.2) is 0 Å². The van der Waals surface area contributed by atoms with Gasteiger partial charge in [-0.2, -0.15) is 0 Å². The summed E-state index contributed by atoms with van der Waals surface area (Å²) < 4.78 is 13.0. The molecular weight excluding hydrogens is 1430 g/mol.